The summed E-state index contributed by atoms with van der Waals surface area (Å²) in [6, 6.07) is -3.72. The van der Waals surface area contributed by atoms with Gasteiger partial charge in [0.1, 0.15) is 90.3 Å². The molecule has 44 nitrogen and oxygen atoms in total. The van der Waals surface area contributed by atoms with Crippen molar-refractivity contribution in [3.05, 3.63) is 120 Å². The lowest BCUT2D eigenvalue weighted by atomic mass is 10.00. The summed E-state index contributed by atoms with van der Waals surface area (Å²) in [7, 11) is 3.82. The van der Waals surface area contributed by atoms with Crippen LogP contribution in [0.25, 0.3) is 21.8 Å². The lowest BCUT2D eigenvalue weighted by Gasteiger charge is -2.36. The number of aromatic nitrogens is 4. The van der Waals surface area contributed by atoms with Gasteiger partial charge < -0.3 is 130 Å². The van der Waals surface area contributed by atoms with E-state index in [1.165, 1.54) is 64.9 Å². The fraction of sp³-hybridized carbons (Fsp3) is 0.511. The van der Waals surface area contributed by atoms with Crippen LogP contribution < -0.4 is 64.6 Å². The summed E-state index contributed by atoms with van der Waals surface area (Å²) in [5, 5.41) is 79.9. The van der Waals surface area contributed by atoms with Crippen molar-refractivity contribution in [2.45, 2.75) is 221 Å². The maximum Gasteiger partial charge on any atom is 0.305 e. The number of thioether (sulfide) groups is 1. The summed E-state index contributed by atoms with van der Waals surface area (Å²) in [4.78, 5) is 279. The van der Waals surface area contributed by atoms with Crippen LogP contribution in [-0.2, 0) is 112 Å². The minimum absolute atomic E-state index is 0.0175. The molecule has 9 rings (SSSR count). The van der Waals surface area contributed by atoms with Crippen molar-refractivity contribution < 1.29 is 112 Å². The summed E-state index contributed by atoms with van der Waals surface area (Å²) >= 11 is 0.746. The van der Waals surface area contributed by atoms with E-state index < -0.39 is 260 Å². The Labute approximate surface area is 769 Å². The Kier molecular flexibility index (Phi) is 38.1. The van der Waals surface area contributed by atoms with Crippen LogP contribution in [0.4, 0.5) is 0 Å². The van der Waals surface area contributed by atoms with Crippen molar-refractivity contribution in [2.75, 3.05) is 65.4 Å². The minimum atomic E-state index is -1.95. The van der Waals surface area contributed by atoms with Crippen LogP contribution in [0.2, 0.25) is 0 Å². The van der Waals surface area contributed by atoms with Gasteiger partial charge in [0.2, 0.25) is 94.5 Å². The van der Waals surface area contributed by atoms with E-state index in [2.05, 4.69) is 73.1 Å². The summed E-state index contributed by atoms with van der Waals surface area (Å²) in [5.74, 6) is -20.4. The highest BCUT2D eigenvalue weighted by molar-refractivity contribution is 8.00. The van der Waals surface area contributed by atoms with Gasteiger partial charge in [-0.05, 0) is 92.9 Å². The van der Waals surface area contributed by atoms with E-state index in [9.17, 15) is 78.3 Å². The number of hydrogen-bond donors (Lipinski definition) is 20. The SMILES string of the molecule is CCCC[C@H]1C(=O)N(C)[C@@H](CCCC)C(=O)N[C@@H](CCN)C(=O)N[C@H](C(=O)NCC(N)=O)CSCC(=O)N[C@@H](Cc2ccc(O)cc2)C(=O)N(C)[C@@H](C)C(=O)N[C@@H](CC(=O)O)C(=O)N2CCC[C@H]2C(=O)N[C@@H](Cc2cnc[nH]2)C(=O)NC(CCC(=O)O)C(=O)N2C[C@H](O)C[C@H]2C(=O)N[C@@H](Cc2c[nH]c3ccccc23)C(=O)N[C@@H](CO)C(=O)N[C@@H](Cc2c[nH]c3ccccc23)C(=O)N1C. The number of unbranched alkanes of at least 4 members (excludes halogenated alkanes) is 2. The average Bonchev–Trinajstić information content (AvgIpc) is 1.66. The number of hydrogen-bond acceptors (Lipinski definition) is 24. The first kappa shape index (κ1) is 103. The van der Waals surface area contributed by atoms with Crippen LogP contribution in [0.15, 0.2) is 97.7 Å². The zero-order chi connectivity index (χ0) is 97.0. The van der Waals surface area contributed by atoms with Crippen molar-refractivity contribution >= 4 is 140 Å². The number of carbonyl (C=O) groups is 18. The molecule has 3 aliphatic rings. The normalized spacial score (nSPS) is 24.9. The molecule has 3 fully saturated rings. The molecule has 3 aromatic carbocycles. The third-order valence-corrected chi connectivity index (χ3v) is 24.7. The predicted octanol–water partition coefficient (Wildman–Crippen LogP) is -3.43. The smallest absolute Gasteiger partial charge is 0.305 e. The number of phenols is 1. The number of benzene rings is 3. The number of aliphatic hydroxyl groups is 2. The molecule has 0 aliphatic carbocycles. The van der Waals surface area contributed by atoms with Gasteiger partial charge in [-0.25, -0.2) is 4.98 Å². The second-order valence-corrected chi connectivity index (χ2v) is 34.3. The van der Waals surface area contributed by atoms with Gasteiger partial charge in [0.25, 0.3) is 0 Å². The minimum Gasteiger partial charge on any atom is -0.508 e. The number of aliphatic hydroxyl groups excluding tert-OH is 2. The lowest BCUT2D eigenvalue weighted by Crippen LogP contribution is -2.62. The number of H-pyrrole nitrogens is 3. The number of fused-ring (bicyclic) bond motifs is 4. The van der Waals surface area contributed by atoms with Crippen LogP contribution in [0.3, 0.4) is 0 Å². The molecule has 0 saturated carbocycles. The van der Waals surface area contributed by atoms with E-state index >= 15 is 33.6 Å². The van der Waals surface area contributed by atoms with Gasteiger partial charge in [-0.15, -0.1) is 11.8 Å². The second-order valence-electron chi connectivity index (χ2n) is 33.3. The Morgan fingerprint density at radius 2 is 1.08 bits per heavy atom. The fourth-order valence-electron chi connectivity index (χ4n) is 16.2. The molecule has 6 heterocycles. The Morgan fingerprint density at radius 1 is 0.541 bits per heavy atom. The number of carboxylic acid groups (broad SMARTS) is 2. The average molecular weight is 1870 g/mol. The number of aromatic amines is 3. The molecule has 45 heteroatoms. The Morgan fingerprint density at radius 3 is 1.67 bits per heavy atom. The van der Waals surface area contributed by atoms with Crippen molar-refractivity contribution in [1.29, 1.82) is 0 Å². The number of nitrogens with one attached hydrogen (secondary N) is 13. The first-order chi connectivity index (χ1) is 63.4. The van der Waals surface area contributed by atoms with E-state index in [0.29, 0.717) is 64.2 Å². The first-order valence-corrected chi connectivity index (χ1v) is 45.1. The number of aromatic hydroxyl groups is 1. The van der Waals surface area contributed by atoms with Crippen molar-refractivity contribution in [2.24, 2.45) is 11.5 Å². The molecule has 0 spiro atoms. The maximum atomic E-state index is 15.7. The monoisotopic (exact) mass is 1870 g/mol. The summed E-state index contributed by atoms with van der Waals surface area (Å²) < 4.78 is 0. The molecule has 22 N–H and O–H groups in total. The quantitative estimate of drug-likeness (QED) is 0.0265. The molecular formula is C88H119N21O23S. The number of aliphatic carboxylic acids is 2. The zero-order valence-corrected chi connectivity index (χ0v) is 75.5. The van der Waals surface area contributed by atoms with Crippen LogP contribution in [0.1, 0.15) is 127 Å². The molecule has 133 heavy (non-hydrogen) atoms. The number of nitrogens with zero attached hydrogens (tertiary/aromatic N) is 6. The number of rotatable bonds is 25. The van der Waals surface area contributed by atoms with Gasteiger partial charge in [-0.3, -0.25) is 86.3 Å². The van der Waals surface area contributed by atoms with Gasteiger partial charge in [0.15, 0.2) is 0 Å². The Bertz CT molecular complexity index is 5170. The van der Waals surface area contributed by atoms with E-state index in [1.54, 1.807) is 60.9 Å². The number of likely N-dealkylation sites (N-methyl/N-ethyl adjacent to an activating group) is 3. The first-order valence-electron chi connectivity index (χ1n) is 44.0. The van der Waals surface area contributed by atoms with Gasteiger partial charge in [-0.1, -0.05) is 88.1 Å². The number of nitrogens with two attached hydrogens (primary N) is 2. The molecule has 15 atom stereocenters. The van der Waals surface area contributed by atoms with E-state index in [-0.39, 0.29) is 75.9 Å². The van der Waals surface area contributed by atoms with Crippen molar-refractivity contribution in [1.82, 2.24) is 97.6 Å². The summed E-state index contributed by atoms with van der Waals surface area (Å²) in [5.41, 5.74) is 14.2. The second kappa shape index (κ2) is 49.1. The van der Waals surface area contributed by atoms with Gasteiger partial charge >= 0.3 is 11.9 Å². The largest absolute Gasteiger partial charge is 0.508 e. The molecule has 6 aromatic rings. The van der Waals surface area contributed by atoms with Crippen LogP contribution in [-0.4, -0.2) is 333 Å². The highest BCUT2D eigenvalue weighted by Crippen LogP contribution is 2.28. The Balaban J connectivity index is 1.09. The van der Waals surface area contributed by atoms with Gasteiger partial charge in [-0.2, -0.15) is 0 Å². The predicted molar refractivity (Wildman–Crippen MR) is 480 cm³/mol. The van der Waals surface area contributed by atoms with Crippen LogP contribution >= 0.6 is 11.8 Å². The van der Waals surface area contributed by atoms with Gasteiger partial charge in [0, 0.05) is 125 Å². The third-order valence-electron chi connectivity index (χ3n) is 23.7. The highest BCUT2D eigenvalue weighted by Gasteiger charge is 2.47. The molecule has 3 aromatic heterocycles. The number of para-hydroxylation sites is 2. The maximum absolute atomic E-state index is 15.7. The number of primary amides is 1. The molecule has 16 amide bonds. The molecule has 3 aliphatic heterocycles. The number of amides is 16. The molecule has 720 valence electrons. The van der Waals surface area contributed by atoms with Crippen molar-refractivity contribution in [3.63, 3.8) is 0 Å². The summed E-state index contributed by atoms with van der Waals surface area (Å²) in [6.07, 6.45) is 1.05. The topological polar surface area (TPSA) is 657 Å². The Hall–Kier alpha value is -13.6. The molecule has 1 unspecified atom stereocenters. The third kappa shape index (κ3) is 28.2. The standard InChI is InChI=1S/C88H119N21O23S/c1-7-9-20-67-81(125)97-58(29-30-89)77(121)104-66(76(120)94-41-71(90)113)44-133-45-72(114)96-62(32-48-23-25-52(111)26-24-48)84(128)105(4)47(3)75(119)101-64(37-74(117)118)87(131)108-31-15-22-68(108)82(126)100-61(35-51-40-91-46-95-51)79(123)98-59(27-28-73(115)116)86(130)109-42-53(112)36-70(109)83(127)99-60(33-49-38-92-56-18-13-11-16-54(49)56)78(122)103-65(43-110)80(124)102-63(34-50-39-93-57-19-14-12-17-55(50)57)85(129)107(6)69(21-10-8-2)88(132)106(67)5/h11-14,16-19,23-26,38-40,46-47,53,58-70,92-93,110-112H,7-10,15,20-22,27-37,41-45,89H2,1-6H3,(H2,90,113)(H,91,95)(H,94,120)(H,96,114)(H,97,125)(H,98,123)(H,99,127)(H,100,126)(H,101,119)(H,102,124)(H,103,122)(H,104,121)(H,115,116)(H,117,118)/t47-,53+,58-,59?,60-,61-,62-,63-,64-,65-,66-,67-,68-,69-,70-/m0/s1. The van der Waals surface area contributed by atoms with E-state index in [4.69, 9.17) is 11.5 Å². The number of carboxylic acids is 2. The van der Waals surface area contributed by atoms with Crippen LogP contribution in [0.5, 0.6) is 5.75 Å². The van der Waals surface area contributed by atoms with Crippen LogP contribution in [0, 0.1) is 0 Å². The lowest BCUT2D eigenvalue weighted by molar-refractivity contribution is -0.149. The molecular weight excluding hydrogens is 1750 g/mol. The number of phenolic OH excluding ortho intramolecular Hbond substituents is 1. The highest BCUT2D eigenvalue weighted by atomic mass is 32.2. The van der Waals surface area contributed by atoms with E-state index in [1.807, 2.05) is 13.8 Å². The fourth-order valence-corrected chi connectivity index (χ4v) is 17.1. The molecule has 3 saturated heterocycles. The van der Waals surface area contributed by atoms with E-state index in [0.717, 1.165) is 36.3 Å². The van der Waals surface area contributed by atoms with Crippen molar-refractivity contribution in [3.8, 4) is 5.75 Å². The zero-order valence-electron chi connectivity index (χ0n) is 74.7. The number of carbonyl (C=O) groups excluding carboxylic acids is 16. The summed E-state index contributed by atoms with van der Waals surface area (Å²) in [6.45, 7) is 1.93. The molecule has 0 bridgehead atoms. The van der Waals surface area contributed by atoms with Gasteiger partial charge in [0.05, 0.1) is 37.8 Å². The number of imidazole rings is 1. The molecule has 0 radical (unpaired) electrons.